The summed E-state index contributed by atoms with van der Waals surface area (Å²) in [5.74, 6) is 0.822. The fraction of sp³-hybridized carbons (Fsp3) is 0.333. The Bertz CT molecular complexity index is 338. The van der Waals surface area contributed by atoms with E-state index in [4.69, 9.17) is 15.2 Å². The molecular weight excluding hydrogens is 173 g/mol. The highest BCUT2D eigenvalue weighted by Crippen LogP contribution is 2.42. The van der Waals surface area contributed by atoms with Crippen LogP contribution in [0.1, 0.15) is 12.5 Å². The van der Waals surface area contributed by atoms with Gasteiger partial charge in [0, 0.05) is 19.0 Å². The second kappa shape index (κ2) is 2.60. The van der Waals surface area contributed by atoms with Gasteiger partial charge in [0.05, 0.1) is 0 Å². The van der Waals surface area contributed by atoms with Crippen LogP contribution in [0, 0.1) is 0 Å². The Kier molecular flexibility index (Phi) is 1.66. The van der Waals surface area contributed by atoms with E-state index in [9.17, 15) is 4.39 Å². The molecule has 13 heavy (non-hydrogen) atoms. The van der Waals surface area contributed by atoms with E-state index in [2.05, 4.69) is 0 Å². The molecule has 2 rings (SSSR count). The number of benzene rings is 1. The van der Waals surface area contributed by atoms with Crippen LogP contribution in [0.3, 0.4) is 0 Å². The molecule has 0 saturated heterocycles. The predicted molar refractivity (Wildman–Crippen MR) is 45.1 cm³/mol. The molecule has 0 fully saturated rings. The standard InChI is InChI=1S/C9H10FNO2/c1-9(10)12-7-4-2-3-6(5-11)8(7)13-9/h2-4H,5,11H2,1H3. The van der Waals surface area contributed by atoms with Gasteiger partial charge in [-0.05, 0) is 6.07 Å². The molecule has 70 valence electrons. The first-order valence-electron chi connectivity index (χ1n) is 4.01. The Labute approximate surface area is 75.3 Å². The normalized spacial score (nSPS) is 24.8. The summed E-state index contributed by atoms with van der Waals surface area (Å²) < 4.78 is 23.1. The molecule has 1 aliphatic heterocycles. The molecule has 0 amide bonds. The van der Waals surface area contributed by atoms with Crippen LogP contribution in [-0.2, 0) is 6.54 Å². The van der Waals surface area contributed by atoms with Gasteiger partial charge in [-0.3, -0.25) is 0 Å². The maximum atomic E-state index is 13.2. The number of hydrogen-bond donors (Lipinski definition) is 1. The molecule has 1 aromatic carbocycles. The Balaban J connectivity index is 2.45. The predicted octanol–water partition coefficient (Wildman–Crippen LogP) is 1.56. The summed E-state index contributed by atoms with van der Waals surface area (Å²) >= 11 is 0. The molecule has 0 spiro atoms. The Morgan fingerprint density at radius 3 is 2.92 bits per heavy atom. The lowest BCUT2D eigenvalue weighted by atomic mass is 10.2. The zero-order valence-corrected chi connectivity index (χ0v) is 7.21. The largest absolute Gasteiger partial charge is 0.423 e. The number of halogens is 1. The van der Waals surface area contributed by atoms with Crippen LogP contribution < -0.4 is 15.2 Å². The summed E-state index contributed by atoms with van der Waals surface area (Å²) in [6, 6.07) is 3.13. The quantitative estimate of drug-likeness (QED) is 0.718. The van der Waals surface area contributed by atoms with Crippen LogP contribution in [0.2, 0.25) is 0 Å². The number of hydrogen-bond acceptors (Lipinski definition) is 3. The van der Waals surface area contributed by atoms with E-state index < -0.39 is 6.04 Å². The van der Waals surface area contributed by atoms with E-state index in [0.717, 1.165) is 5.56 Å². The van der Waals surface area contributed by atoms with Crippen molar-refractivity contribution >= 4 is 0 Å². The molecule has 2 N–H and O–H groups in total. The number of rotatable bonds is 1. The van der Waals surface area contributed by atoms with Gasteiger partial charge in [-0.1, -0.05) is 12.1 Å². The highest BCUT2D eigenvalue weighted by molar-refractivity contribution is 5.48. The minimum atomic E-state index is -2.06. The second-order valence-electron chi connectivity index (χ2n) is 2.99. The molecule has 0 aliphatic carbocycles. The maximum Gasteiger partial charge on any atom is 0.404 e. The number of fused-ring (bicyclic) bond motifs is 1. The molecule has 1 aromatic rings. The lowest BCUT2D eigenvalue weighted by Gasteiger charge is -2.11. The van der Waals surface area contributed by atoms with Crippen molar-refractivity contribution < 1.29 is 13.9 Å². The fourth-order valence-electron chi connectivity index (χ4n) is 1.32. The van der Waals surface area contributed by atoms with Crippen molar-refractivity contribution in [2.24, 2.45) is 5.73 Å². The van der Waals surface area contributed by atoms with Crippen molar-refractivity contribution in [1.29, 1.82) is 0 Å². The summed E-state index contributed by atoms with van der Waals surface area (Å²) in [6.45, 7) is 1.52. The van der Waals surface area contributed by atoms with Crippen molar-refractivity contribution in [3.8, 4) is 11.5 Å². The van der Waals surface area contributed by atoms with Gasteiger partial charge in [-0.15, -0.1) is 0 Å². The molecule has 1 unspecified atom stereocenters. The Morgan fingerprint density at radius 1 is 1.46 bits per heavy atom. The summed E-state index contributed by atoms with van der Waals surface area (Å²) in [6.07, 6.45) is 0. The topological polar surface area (TPSA) is 44.5 Å². The van der Waals surface area contributed by atoms with E-state index in [0.29, 0.717) is 18.0 Å². The first-order chi connectivity index (χ1) is 6.12. The molecular formula is C9H10FNO2. The van der Waals surface area contributed by atoms with Crippen molar-refractivity contribution in [1.82, 2.24) is 0 Å². The number of para-hydroxylation sites is 1. The van der Waals surface area contributed by atoms with E-state index in [-0.39, 0.29) is 0 Å². The Hall–Kier alpha value is -1.29. The van der Waals surface area contributed by atoms with Crippen molar-refractivity contribution in [2.75, 3.05) is 0 Å². The lowest BCUT2D eigenvalue weighted by Crippen LogP contribution is -2.28. The van der Waals surface area contributed by atoms with Gasteiger partial charge in [0.2, 0.25) is 0 Å². The summed E-state index contributed by atoms with van der Waals surface area (Å²) in [5.41, 5.74) is 6.20. The van der Waals surface area contributed by atoms with Gasteiger partial charge < -0.3 is 15.2 Å². The highest BCUT2D eigenvalue weighted by atomic mass is 19.2. The van der Waals surface area contributed by atoms with Crippen LogP contribution in [0.15, 0.2) is 18.2 Å². The summed E-state index contributed by atoms with van der Waals surface area (Å²) in [4.78, 5) is 0. The second-order valence-corrected chi connectivity index (χ2v) is 2.99. The summed E-state index contributed by atoms with van der Waals surface area (Å²) in [5, 5.41) is 0. The molecule has 1 aliphatic rings. The molecule has 3 nitrogen and oxygen atoms in total. The van der Waals surface area contributed by atoms with Crippen molar-refractivity contribution in [3.05, 3.63) is 23.8 Å². The van der Waals surface area contributed by atoms with Crippen LogP contribution in [-0.4, -0.2) is 6.04 Å². The van der Waals surface area contributed by atoms with E-state index in [1.54, 1.807) is 18.2 Å². The summed E-state index contributed by atoms with van der Waals surface area (Å²) in [7, 11) is 0. The average Bonchev–Trinajstić information content (AvgIpc) is 2.37. The third kappa shape index (κ3) is 1.33. The Morgan fingerprint density at radius 2 is 2.23 bits per heavy atom. The third-order valence-corrected chi connectivity index (χ3v) is 1.86. The molecule has 0 bridgehead atoms. The van der Waals surface area contributed by atoms with Gasteiger partial charge >= 0.3 is 6.04 Å². The molecule has 0 radical (unpaired) electrons. The number of ether oxygens (including phenoxy) is 2. The molecule has 0 aromatic heterocycles. The van der Waals surface area contributed by atoms with Gasteiger partial charge in [0.15, 0.2) is 11.5 Å². The first kappa shape index (κ1) is 8.31. The maximum absolute atomic E-state index is 13.2. The van der Waals surface area contributed by atoms with Crippen LogP contribution in [0.5, 0.6) is 11.5 Å². The lowest BCUT2D eigenvalue weighted by molar-refractivity contribution is -0.173. The van der Waals surface area contributed by atoms with Crippen LogP contribution in [0.4, 0.5) is 4.39 Å². The van der Waals surface area contributed by atoms with Gasteiger partial charge in [-0.2, -0.15) is 4.39 Å². The first-order valence-corrected chi connectivity index (χ1v) is 4.01. The van der Waals surface area contributed by atoms with Crippen LogP contribution in [0.25, 0.3) is 0 Å². The van der Waals surface area contributed by atoms with Crippen LogP contribution >= 0.6 is 0 Å². The van der Waals surface area contributed by atoms with Crippen molar-refractivity contribution in [3.63, 3.8) is 0 Å². The van der Waals surface area contributed by atoms with Gasteiger partial charge in [0.25, 0.3) is 0 Å². The molecule has 4 heteroatoms. The SMILES string of the molecule is CC1(F)Oc2cccc(CN)c2O1. The van der Waals surface area contributed by atoms with Crippen molar-refractivity contribution in [2.45, 2.75) is 19.5 Å². The average molecular weight is 183 g/mol. The van der Waals surface area contributed by atoms with E-state index in [1.807, 2.05) is 0 Å². The molecule has 1 atom stereocenters. The smallest absolute Gasteiger partial charge is 0.404 e. The van der Waals surface area contributed by atoms with E-state index in [1.165, 1.54) is 6.92 Å². The minimum absolute atomic E-state index is 0.308. The zero-order chi connectivity index (χ0) is 9.47. The number of nitrogens with two attached hydrogens (primary N) is 1. The van der Waals surface area contributed by atoms with Gasteiger partial charge in [0.1, 0.15) is 0 Å². The van der Waals surface area contributed by atoms with Gasteiger partial charge in [-0.25, -0.2) is 0 Å². The van der Waals surface area contributed by atoms with E-state index >= 15 is 0 Å². The highest BCUT2D eigenvalue weighted by Gasteiger charge is 2.37. The third-order valence-electron chi connectivity index (χ3n) is 1.86. The molecule has 0 saturated carbocycles. The monoisotopic (exact) mass is 183 g/mol. The zero-order valence-electron chi connectivity index (χ0n) is 7.21. The number of alkyl halides is 1. The molecule has 1 heterocycles. The minimum Gasteiger partial charge on any atom is -0.423 e. The fourth-order valence-corrected chi connectivity index (χ4v) is 1.32.